The Kier molecular flexibility index (Phi) is 17.3. The van der Waals surface area contributed by atoms with Crippen LogP contribution in [0.2, 0.25) is 36.3 Å². The molecule has 10 heteroatoms. The molecule has 49 heavy (non-hydrogen) atoms. The van der Waals surface area contributed by atoms with Gasteiger partial charge in [0.15, 0.2) is 16.6 Å². The van der Waals surface area contributed by atoms with E-state index in [9.17, 15) is 14.7 Å². The van der Waals surface area contributed by atoms with Gasteiger partial charge in [0.1, 0.15) is 11.9 Å². The van der Waals surface area contributed by atoms with Crippen molar-refractivity contribution in [3.8, 4) is 0 Å². The standard InChI is InChI=1S/C39H69NO6SSi2/c1-14-48(15-2,16-3)45-35-25-36(42)44-34(29(9)24-32-26-47-31(11)40-32)23-21-27(7)33(41)22-20-28(8)37(30(10)38(43)39(35,12)13)46-49(17-4,18-5)19-6/h21,24,26,28,30,33-35,37,41H,14-20,22-23,25H2,1-13H3/b27-21-,29-24+/t28-,30+,33+,34-,35-,37-/m0/s1. The van der Waals surface area contributed by atoms with E-state index in [1.165, 1.54) is 0 Å². The van der Waals surface area contributed by atoms with Gasteiger partial charge in [-0.15, -0.1) is 11.3 Å². The number of Topliss-reactive ketones (excluding diaryl/α,β-unsaturated/α-hetero) is 1. The number of esters is 1. The molecule has 0 spiro atoms. The lowest BCUT2D eigenvalue weighted by atomic mass is 9.73. The Morgan fingerprint density at radius 1 is 0.980 bits per heavy atom. The normalized spacial score (nSPS) is 28.2. The number of cyclic esters (lactones) is 1. The second kappa shape index (κ2) is 19.4. The first-order chi connectivity index (χ1) is 23.0. The van der Waals surface area contributed by atoms with Crippen molar-refractivity contribution in [1.82, 2.24) is 4.98 Å². The van der Waals surface area contributed by atoms with Crippen LogP contribution in [0.1, 0.15) is 119 Å². The van der Waals surface area contributed by atoms with Crippen LogP contribution in [0, 0.1) is 24.2 Å². The van der Waals surface area contributed by atoms with E-state index in [1.807, 2.05) is 59.1 Å². The molecule has 7 nitrogen and oxygen atoms in total. The highest BCUT2D eigenvalue weighted by Gasteiger charge is 2.48. The van der Waals surface area contributed by atoms with Gasteiger partial charge in [-0.2, -0.15) is 0 Å². The number of ketones is 1. The van der Waals surface area contributed by atoms with Gasteiger partial charge in [0.2, 0.25) is 0 Å². The maximum absolute atomic E-state index is 14.9. The smallest absolute Gasteiger partial charge is 0.309 e. The molecule has 2 heterocycles. The van der Waals surface area contributed by atoms with E-state index >= 15 is 0 Å². The van der Waals surface area contributed by atoms with Crippen LogP contribution in [0.25, 0.3) is 6.08 Å². The number of hydrogen-bond donors (Lipinski definition) is 1. The Hall–Kier alpha value is -1.44. The molecule has 0 aliphatic carbocycles. The summed E-state index contributed by atoms with van der Waals surface area (Å²) in [5.74, 6) is -0.673. The summed E-state index contributed by atoms with van der Waals surface area (Å²) in [5, 5.41) is 14.2. The van der Waals surface area contributed by atoms with Gasteiger partial charge in [-0.3, -0.25) is 9.59 Å². The Balaban J connectivity index is 2.70. The highest BCUT2D eigenvalue weighted by atomic mass is 32.1. The van der Waals surface area contributed by atoms with Gasteiger partial charge >= 0.3 is 5.97 Å². The van der Waals surface area contributed by atoms with Crippen LogP contribution in [0.4, 0.5) is 0 Å². The molecular weight excluding hydrogens is 667 g/mol. The van der Waals surface area contributed by atoms with E-state index in [0.717, 1.165) is 64.5 Å². The van der Waals surface area contributed by atoms with Crippen LogP contribution < -0.4 is 0 Å². The van der Waals surface area contributed by atoms with Gasteiger partial charge < -0.3 is 18.7 Å². The molecule has 1 aromatic heterocycles. The van der Waals surface area contributed by atoms with Crippen LogP contribution in [0.15, 0.2) is 22.6 Å². The molecule has 0 amide bonds. The molecule has 1 aliphatic rings. The summed E-state index contributed by atoms with van der Waals surface area (Å²) in [4.78, 5) is 33.5. The van der Waals surface area contributed by atoms with Gasteiger partial charge in [-0.05, 0) is 93.0 Å². The number of nitrogens with zero attached hydrogens (tertiary/aromatic N) is 1. The molecule has 280 valence electrons. The van der Waals surface area contributed by atoms with E-state index in [0.29, 0.717) is 12.8 Å². The lowest BCUT2D eigenvalue weighted by Gasteiger charge is -2.44. The molecule has 0 radical (unpaired) electrons. The second-order valence-electron chi connectivity index (χ2n) is 15.2. The van der Waals surface area contributed by atoms with Crippen LogP contribution in [-0.4, -0.2) is 62.9 Å². The highest BCUT2D eigenvalue weighted by Crippen LogP contribution is 2.40. The monoisotopic (exact) mass is 735 g/mol. The molecular formula is C39H69NO6SSi2. The lowest BCUT2D eigenvalue weighted by molar-refractivity contribution is -0.153. The third kappa shape index (κ3) is 11.5. The van der Waals surface area contributed by atoms with Crippen molar-refractivity contribution in [2.45, 2.75) is 176 Å². The fraction of sp³-hybridized carbons (Fsp3) is 0.769. The van der Waals surface area contributed by atoms with Gasteiger partial charge in [0, 0.05) is 23.1 Å². The third-order valence-electron chi connectivity index (χ3n) is 11.8. The maximum Gasteiger partial charge on any atom is 0.309 e. The summed E-state index contributed by atoms with van der Waals surface area (Å²) in [7, 11) is -4.31. The number of aliphatic hydroxyl groups is 1. The lowest BCUT2D eigenvalue weighted by Crippen LogP contribution is -2.53. The average molecular weight is 736 g/mol. The molecule has 2 rings (SSSR count). The quantitative estimate of drug-likeness (QED) is 0.130. The molecule has 0 fully saturated rings. The summed E-state index contributed by atoms with van der Waals surface area (Å²) in [6.07, 6.45) is 3.60. The largest absolute Gasteiger partial charge is 0.457 e. The number of ether oxygens (including phenoxy) is 1. The number of carbonyl (C=O) groups is 2. The molecule has 0 bridgehead atoms. The Labute approximate surface area is 305 Å². The fourth-order valence-corrected chi connectivity index (χ4v) is 13.9. The van der Waals surface area contributed by atoms with Crippen molar-refractivity contribution in [2.24, 2.45) is 17.3 Å². The molecule has 0 unspecified atom stereocenters. The molecule has 0 aromatic carbocycles. The molecule has 0 saturated heterocycles. The topological polar surface area (TPSA) is 95.0 Å². The van der Waals surface area contributed by atoms with Crippen molar-refractivity contribution < 1.29 is 28.3 Å². The highest BCUT2D eigenvalue weighted by molar-refractivity contribution is 7.09. The van der Waals surface area contributed by atoms with Crippen LogP contribution >= 0.6 is 11.3 Å². The molecule has 1 aromatic rings. The average Bonchev–Trinajstić information content (AvgIpc) is 3.50. The summed E-state index contributed by atoms with van der Waals surface area (Å²) >= 11 is 1.58. The van der Waals surface area contributed by atoms with Crippen molar-refractivity contribution in [1.29, 1.82) is 0 Å². The van der Waals surface area contributed by atoms with E-state index in [4.69, 9.17) is 13.6 Å². The van der Waals surface area contributed by atoms with E-state index < -0.39 is 46.3 Å². The summed E-state index contributed by atoms with van der Waals surface area (Å²) in [6, 6.07) is 5.71. The van der Waals surface area contributed by atoms with E-state index in [1.54, 1.807) is 11.3 Å². The number of rotatable bonds is 12. The summed E-state index contributed by atoms with van der Waals surface area (Å²) < 4.78 is 20.6. The van der Waals surface area contributed by atoms with Crippen molar-refractivity contribution in [3.05, 3.63) is 33.3 Å². The van der Waals surface area contributed by atoms with Crippen LogP contribution in [0.5, 0.6) is 0 Å². The Bertz CT molecular complexity index is 1250. The minimum atomic E-state index is -2.23. The number of thiazole rings is 1. The van der Waals surface area contributed by atoms with E-state index in [2.05, 4.69) is 53.5 Å². The fourth-order valence-electron chi connectivity index (χ4n) is 7.34. The number of carbonyl (C=O) groups excluding carboxylic acids is 2. The second-order valence-corrected chi connectivity index (χ2v) is 25.7. The third-order valence-corrected chi connectivity index (χ3v) is 21.9. The van der Waals surface area contributed by atoms with Crippen molar-refractivity contribution >= 4 is 45.8 Å². The first-order valence-electron chi connectivity index (χ1n) is 19.0. The first-order valence-corrected chi connectivity index (χ1v) is 25.0. The first kappa shape index (κ1) is 43.7. The predicted molar refractivity (Wildman–Crippen MR) is 210 cm³/mol. The zero-order valence-electron chi connectivity index (χ0n) is 33.1. The van der Waals surface area contributed by atoms with Gasteiger partial charge in [0.25, 0.3) is 0 Å². The molecule has 1 aliphatic heterocycles. The predicted octanol–water partition coefficient (Wildman–Crippen LogP) is 10.3. The Morgan fingerprint density at radius 2 is 1.53 bits per heavy atom. The summed E-state index contributed by atoms with van der Waals surface area (Å²) in [5.41, 5.74) is 1.61. The number of aliphatic hydroxyl groups excluding tert-OH is 1. The van der Waals surface area contributed by atoms with Gasteiger partial charge in [-0.25, -0.2) is 4.98 Å². The van der Waals surface area contributed by atoms with Crippen LogP contribution in [-0.2, 0) is 23.2 Å². The van der Waals surface area contributed by atoms with Gasteiger partial charge in [-0.1, -0.05) is 75.3 Å². The zero-order valence-corrected chi connectivity index (χ0v) is 35.9. The molecule has 0 saturated carbocycles. The van der Waals surface area contributed by atoms with Gasteiger partial charge in [0.05, 0.1) is 35.4 Å². The van der Waals surface area contributed by atoms with E-state index in [-0.39, 0.29) is 30.2 Å². The number of aryl methyl sites for hydroxylation is 1. The molecule has 6 atom stereocenters. The summed E-state index contributed by atoms with van der Waals surface area (Å²) in [6.45, 7) is 27.2. The minimum absolute atomic E-state index is 0.0102. The molecule has 1 N–H and O–H groups in total. The SMILES string of the molecule is CC[Si](CC)(CC)O[C@H]1[C@@H](C)CC[C@@H](O)/C(C)=C\C[C@@H](/C(C)=C/c2csc(C)n2)OC(=O)C[C@H](O[Si](CC)(CC)CC)C(C)(C)C(=O)[C@@H]1C. The Morgan fingerprint density at radius 3 is 2.04 bits per heavy atom. The zero-order chi connectivity index (χ0) is 37.2. The minimum Gasteiger partial charge on any atom is -0.457 e. The number of hydrogen-bond acceptors (Lipinski definition) is 8. The number of aromatic nitrogens is 1. The van der Waals surface area contributed by atoms with Crippen molar-refractivity contribution in [3.63, 3.8) is 0 Å². The van der Waals surface area contributed by atoms with Crippen LogP contribution in [0.3, 0.4) is 0 Å². The maximum atomic E-state index is 14.9. The van der Waals surface area contributed by atoms with Crippen molar-refractivity contribution in [2.75, 3.05) is 0 Å².